The molecule has 1 aromatic heterocycles. The average molecular weight is 392 g/mol. The van der Waals surface area contributed by atoms with Crippen molar-refractivity contribution in [3.8, 4) is 0 Å². The number of carbonyl (C=O) groups excluding carboxylic acids is 1. The van der Waals surface area contributed by atoms with Crippen LogP contribution in [0.1, 0.15) is 30.7 Å². The first-order valence-corrected chi connectivity index (χ1v) is 10.2. The van der Waals surface area contributed by atoms with Gasteiger partial charge < -0.3 is 4.90 Å². The van der Waals surface area contributed by atoms with Crippen LogP contribution >= 0.6 is 23.4 Å². The van der Waals surface area contributed by atoms with Crippen LogP contribution in [0.25, 0.3) is 6.08 Å². The zero-order valence-corrected chi connectivity index (χ0v) is 17.6. The first-order chi connectivity index (χ1) is 12.3. The molecule has 0 bridgehead atoms. The Morgan fingerprint density at radius 3 is 2.58 bits per heavy atom. The molecule has 140 valence electrons. The lowest BCUT2D eigenvalue weighted by molar-refractivity contribution is -0.125. The third-order valence-corrected chi connectivity index (χ3v) is 5.14. The Hall–Kier alpha value is -1.72. The lowest BCUT2D eigenvalue weighted by Crippen LogP contribution is -2.24. The number of nitrogens with zero attached hydrogens (tertiary/aromatic N) is 3. The maximum Gasteiger partial charge on any atom is 0.246 e. The van der Waals surface area contributed by atoms with E-state index in [1.165, 1.54) is 4.90 Å². The number of hydrogen-bond acceptors (Lipinski definition) is 3. The SMILES string of the molecule is CSc1ccc(CN(C)C(=O)/C=C/c2c(C)nn(CC(C)C)c2Cl)cc1. The van der Waals surface area contributed by atoms with Crippen LogP contribution < -0.4 is 0 Å². The quantitative estimate of drug-likeness (QED) is 0.498. The Bertz CT molecular complexity index is 781. The molecule has 0 saturated heterocycles. The lowest BCUT2D eigenvalue weighted by Gasteiger charge is -2.15. The van der Waals surface area contributed by atoms with Crippen LogP contribution in [-0.2, 0) is 17.9 Å². The summed E-state index contributed by atoms with van der Waals surface area (Å²) in [7, 11) is 1.80. The fraction of sp³-hybridized carbons (Fsp3) is 0.400. The standard InChI is InChI=1S/C20H26ClN3OS/c1-14(2)12-24-20(21)18(15(3)22-24)10-11-19(25)23(4)13-16-6-8-17(26-5)9-7-16/h6-11,14H,12-13H2,1-5H3/b11-10+. The molecule has 0 atom stereocenters. The average Bonchev–Trinajstić information content (AvgIpc) is 2.86. The summed E-state index contributed by atoms with van der Waals surface area (Å²) in [6.45, 7) is 7.47. The second-order valence-electron chi connectivity index (χ2n) is 6.74. The molecule has 2 rings (SSSR count). The summed E-state index contributed by atoms with van der Waals surface area (Å²) in [6, 6.07) is 8.24. The van der Waals surface area contributed by atoms with E-state index in [2.05, 4.69) is 43.2 Å². The van der Waals surface area contributed by atoms with Gasteiger partial charge in [-0.1, -0.05) is 37.6 Å². The van der Waals surface area contributed by atoms with E-state index in [-0.39, 0.29) is 5.91 Å². The van der Waals surface area contributed by atoms with E-state index in [1.807, 2.05) is 13.2 Å². The highest BCUT2D eigenvalue weighted by Gasteiger charge is 2.13. The minimum absolute atomic E-state index is 0.0639. The number of hydrogen-bond donors (Lipinski definition) is 0. The van der Waals surface area contributed by atoms with E-state index in [9.17, 15) is 4.79 Å². The highest BCUT2D eigenvalue weighted by Crippen LogP contribution is 2.22. The molecule has 6 heteroatoms. The molecule has 1 aromatic carbocycles. The van der Waals surface area contributed by atoms with Crippen LogP contribution in [0.4, 0.5) is 0 Å². The first kappa shape index (κ1) is 20.6. The van der Waals surface area contributed by atoms with E-state index in [0.29, 0.717) is 17.6 Å². The van der Waals surface area contributed by atoms with Gasteiger partial charge in [-0.3, -0.25) is 9.48 Å². The minimum atomic E-state index is -0.0639. The minimum Gasteiger partial charge on any atom is -0.338 e. The number of aromatic nitrogens is 2. The van der Waals surface area contributed by atoms with Gasteiger partial charge in [0.25, 0.3) is 0 Å². The van der Waals surface area contributed by atoms with Crippen LogP contribution in [0.5, 0.6) is 0 Å². The van der Waals surface area contributed by atoms with Gasteiger partial charge in [-0.15, -0.1) is 11.8 Å². The number of benzene rings is 1. The molecule has 0 saturated carbocycles. The third kappa shape index (κ3) is 5.39. The zero-order chi connectivity index (χ0) is 19.3. The molecule has 2 aromatic rings. The van der Waals surface area contributed by atoms with Gasteiger partial charge in [-0.05, 0) is 42.9 Å². The van der Waals surface area contributed by atoms with Gasteiger partial charge in [0.15, 0.2) is 0 Å². The molecule has 4 nitrogen and oxygen atoms in total. The fourth-order valence-corrected chi connectivity index (χ4v) is 3.30. The molecule has 0 aliphatic heterocycles. The number of rotatable bonds is 7. The molecule has 1 heterocycles. The monoisotopic (exact) mass is 391 g/mol. The van der Waals surface area contributed by atoms with Crippen molar-refractivity contribution in [1.82, 2.24) is 14.7 Å². The molecule has 1 amide bonds. The lowest BCUT2D eigenvalue weighted by atomic mass is 10.2. The van der Waals surface area contributed by atoms with Crippen LogP contribution in [0, 0.1) is 12.8 Å². The van der Waals surface area contributed by atoms with Crippen molar-refractivity contribution in [2.45, 2.75) is 38.8 Å². The number of amides is 1. The van der Waals surface area contributed by atoms with Crippen molar-refractivity contribution >= 4 is 35.3 Å². The number of halogens is 1. The second-order valence-corrected chi connectivity index (χ2v) is 7.98. The van der Waals surface area contributed by atoms with Crippen molar-refractivity contribution < 1.29 is 4.79 Å². The summed E-state index contributed by atoms with van der Waals surface area (Å²) in [5.41, 5.74) is 2.74. The molecule has 0 aliphatic rings. The number of thioether (sulfide) groups is 1. The van der Waals surface area contributed by atoms with Crippen molar-refractivity contribution in [2.75, 3.05) is 13.3 Å². The van der Waals surface area contributed by atoms with Crippen LogP contribution in [-0.4, -0.2) is 33.9 Å². The van der Waals surface area contributed by atoms with E-state index < -0.39 is 0 Å². The highest BCUT2D eigenvalue weighted by molar-refractivity contribution is 7.98. The Morgan fingerprint density at radius 2 is 2.00 bits per heavy atom. The smallest absolute Gasteiger partial charge is 0.246 e. The molecule has 0 radical (unpaired) electrons. The summed E-state index contributed by atoms with van der Waals surface area (Å²) < 4.78 is 1.79. The Labute approximate surface area is 165 Å². The highest BCUT2D eigenvalue weighted by atomic mass is 35.5. The number of carbonyl (C=O) groups is 1. The van der Waals surface area contributed by atoms with Gasteiger partial charge in [0.05, 0.1) is 5.69 Å². The van der Waals surface area contributed by atoms with Crippen molar-refractivity contribution in [3.63, 3.8) is 0 Å². The van der Waals surface area contributed by atoms with E-state index in [0.717, 1.165) is 23.4 Å². The summed E-state index contributed by atoms with van der Waals surface area (Å²) in [5, 5.41) is 5.04. The normalized spacial score (nSPS) is 11.5. The first-order valence-electron chi connectivity index (χ1n) is 8.60. The summed E-state index contributed by atoms with van der Waals surface area (Å²) in [4.78, 5) is 15.3. The molecule has 0 N–H and O–H groups in total. The third-order valence-electron chi connectivity index (χ3n) is 4.00. The summed E-state index contributed by atoms with van der Waals surface area (Å²) >= 11 is 8.12. The van der Waals surface area contributed by atoms with Crippen molar-refractivity contribution in [2.24, 2.45) is 5.92 Å². The second kappa shape index (κ2) is 9.28. The maximum atomic E-state index is 12.4. The molecule has 0 unspecified atom stereocenters. The molecule has 26 heavy (non-hydrogen) atoms. The summed E-state index contributed by atoms with van der Waals surface area (Å²) in [5.74, 6) is 0.389. The maximum absolute atomic E-state index is 12.4. The predicted molar refractivity (Wildman–Crippen MR) is 111 cm³/mol. The van der Waals surface area contributed by atoms with Crippen LogP contribution in [0.15, 0.2) is 35.2 Å². The Balaban J connectivity index is 2.05. The number of aryl methyl sites for hydroxylation is 1. The van der Waals surface area contributed by atoms with Crippen LogP contribution in [0.3, 0.4) is 0 Å². The fourth-order valence-electron chi connectivity index (χ4n) is 2.59. The molecular formula is C20H26ClN3OS. The largest absolute Gasteiger partial charge is 0.338 e. The van der Waals surface area contributed by atoms with Gasteiger partial charge >= 0.3 is 0 Å². The number of likely N-dealkylation sites (N-methyl/N-ethyl adjacent to an activating group) is 1. The van der Waals surface area contributed by atoms with Crippen LogP contribution in [0.2, 0.25) is 5.15 Å². The predicted octanol–water partition coefficient (Wildman–Crippen LogP) is 4.89. The van der Waals surface area contributed by atoms with Gasteiger partial charge in [0, 0.05) is 36.7 Å². The molecular weight excluding hydrogens is 366 g/mol. The zero-order valence-electron chi connectivity index (χ0n) is 16.0. The summed E-state index contributed by atoms with van der Waals surface area (Å²) in [6.07, 6.45) is 5.37. The van der Waals surface area contributed by atoms with Crippen molar-refractivity contribution in [1.29, 1.82) is 0 Å². The topological polar surface area (TPSA) is 38.1 Å². The van der Waals surface area contributed by atoms with Crippen molar-refractivity contribution in [3.05, 3.63) is 52.3 Å². The van der Waals surface area contributed by atoms with Gasteiger partial charge in [-0.2, -0.15) is 5.10 Å². The van der Waals surface area contributed by atoms with Gasteiger partial charge in [0.1, 0.15) is 5.15 Å². The molecule has 0 fully saturated rings. The van der Waals surface area contributed by atoms with E-state index in [4.69, 9.17) is 11.6 Å². The van der Waals surface area contributed by atoms with E-state index >= 15 is 0 Å². The van der Waals surface area contributed by atoms with Gasteiger partial charge in [-0.25, -0.2) is 0 Å². The van der Waals surface area contributed by atoms with E-state index in [1.54, 1.807) is 40.5 Å². The molecule has 0 spiro atoms. The van der Waals surface area contributed by atoms with Gasteiger partial charge in [0.2, 0.25) is 5.91 Å². The Morgan fingerprint density at radius 1 is 1.35 bits per heavy atom. The molecule has 0 aliphatic carbocycles. The Kier molecular flexibility index (Phi) is 7.35.